The molecule has 7 nitrogen and oxygen atoms in total. The Bertz CT molecular complexity index is 1260. The van der Waals surface area contributed by atoms with Gasteiger partial charge in [0.2, 0.25) is 0 Å². The minimum atomic E-state index is 0.0207. The fourth-order valence-electron chi connectivity index (χ4n) is 4.31. The van der Waals surface area contributed by atoms with E-state index in [1.54, 1.807) is 18.0 Å². The van der Waals surface area contributed by atoms with Gasteiger partial charge in [-0.25, -0.2) is 9.67 Å². The molecule has 1 aliphatic heterocycles. The molecule has 2 aromatic carbocycles. The van der Waals surface area contributed by atoms with Crippen molar-refractivity contribution in [3.05, 3.63) is 83.9 Å². The van der Waals surface area contributed by atoms with Gasteiger partial charge in [0, 0.05) is 31.0 Å². The lowest BCUT2D eigenvalue weighted by molar-refractivity contribution is 0.0711. The predicted molar refractivity (Wildman–Crippen MR) is 122 cm³/mol. The van der Waals surface area contributed by atoms with Crippen molar-refractivity contribution in [1.29, 1.82) is 0 Å². The van der Waals surface area contributed by atoms with Crippen LogP contribution in [0.3, 0.4) is 0 Å². The number of para-hydroxylation sites is 1. The molecule has 7 heteroatoms. The van der Waals surface area contributed by atoms with E-state index in [9.17, 15) is 4.79 Å². The number of fused-ring (bicyclic) bond motifs is 1. The highest BCUT2D eigenvalue weighted by molar-refractivity contribution is 5.94. The Labute approximate surface area is 186 Å². The van der Waals surface area contributed by atoms with E-state index in [1.165, 1.54) is 0 Å². The standard InChI is InChI=1S/C25H25N5O2/c1-3-21-22-17-28(25(31)18-8-6-9-19(16-18)30-13-7-12-26-30)14-15-29(22)24(27-21)20-10-4-5-11-23(20)32-2/h4-13,16H,3,14-15,17H2,1-2H3. The molecule has 0 saturated heterocycles. The van der Waals surface area contributed by atoms with Crippen molar-refractivity contribution >= 4 is 5.91 Å². The van der Waals surface area contributed by atoms with Crippen LogP contribution in [0.4, 0.5) is 0 Å². The minimum absolute atomic E-state index is 0.0207. The molecule has 0 N–H and O–H groups in total. The number of hydrogen-bond acceptors (Lipinski definition) is 4. The fraction of sp³-hybridized carbons (Fsp3) is 0.240. The predicted octanol–water partition coefficient (Wildman–Crippen LogP) is 3.96. The molecule has 3 heterocycles. The van der Waals surface area contributed by atoms with Crippen molar-refractivity contribution in [2.75, 3.05) is 13.7 Å². The van der Waals surface area contributed by atoms with Crippen LogP contribution in [0.5, 0.6) is 5.75 Å². The van der Waals surface area contributed by atoms with Crippen LogP contribution < -0.4 is 4.74 Å². The Morgan fingerprint density at radius 3 is 2.75 bits per heavy atom. The van der Waals surface area contributed by atoms with Crippen molar-refractivity contribution in [2.45, 2.75) is 26.4 Å². The van der Waals surface area contributed by atoms with Crippen LogP contribution in [0.1, 0.15) is 28.7 Å². The average Bonchev–Trinajstić information content (AvgIpc) is 3.51. The Kier molecular flexibility index (Phi) is 5.23. The normalized spacial score (nSPS) is 13.1. The van der Waals surface area contributed by atoms with Crippen molar-refractivity contribution in [3.8, 4) is 22.8 Å². The smallest absolute Gasteiger partial charge is 0.254 e. The van der Waals surface area contributed by atoms with Gasteiger partial charge in [-0.3, -0.25) is 4.79 Å². The fourth-order valence-corrected chi connectivity index (χ4v) is 4.31. The first-order valence-electron chi connectivity index (χ1n) is 10.8. The first kappa shape index (κ1) is 20.1. The summed E-state index contributed by atoms with van der Waals surface area (Å²) in [6.07, 6.45) is 4.41. The summed E-state index contributed by atoms with van der Waals surface area (Å²) in [6.45, 7) is 3.96. The maximum atomic E-state index is 13.4. The van der Waals surface area contributed by atoms with E-state index in [-0.39, 0.29) is 5.91 Å². The van der Waals surface area contributed by atoms with E-state index in [1.807, 2.05) is 65.7 Å². The van der Waals surface area contributed by atoms with E-state index >= 15 is 0 Å². The summed E-state index contributed by atoms with van der Waals surface area (Å²) in [7, 11) is 1.68. The second-order valence-corrected chi connectivity index (χ2v) is 7.76. The molecule has 5 rings (SSSR count). The van der Waals surface area contributed by atoms with Gasteiger partial charge in [0.05, 0.1) is 36.3 Å². The third-order valence-corrected chi connectivity index (χ3v) is 5.92. The number of hydrogen-bond donors (Lipinski definition) is 0. The van der Waals surface area contributed by atoms with E-state index in [2.05, 4.69) is 16.6 Å². The maximum absolute atomic E-state index is 13.4. The van der Waals surface area contributed by atoms with Gasteiger partial charge in [-0.05, 0) is 42.8 Å². The molecule has 0 bridgehead atoms. The molecule has 4 aromatic rings. The van der Waals surface area contributed by atoms with Crippen LogP contribution in [0.2, 0.25) is 0 Å². The van der Waals surface area contributed by atoms with Crippen LogP contribution in [-0.4, -0.2) is 43.8 Å². The number of carbonyl (C=O) groups is 1. The van der Waals surface area contributed by atoms with Crippen molar-refractivity contribution in [3.63, 3.8) is 0 Å². The highest BCUT2D eigenvalue weighted by atomic mass is 16.5. The van der Waals surface area contributed by atoms with E-state index in [0.29, 0.717) is 25.2 Å². The topological polar surface area (TPSA) is 65.2 Å². The van der Waals surface area contributed by atoms with Gasteiger partial charge in [-0.15, -0.1) is 0 Å². The van der Waals surface area contributed by atoms with Crippen molar-refractivity contribution < 1.29 is 9.53 Å². The second-order valence-electron chi connectivity index (χ2n) is 7.76. The number of benzene rings is 2. The van der Waals surface area contributed by atoms with Crippen LogP contribution in [0.15, 0.2) is 67.0 Å². The van der Waals surface area contributed by atoms with Gasteiger partial charge in [0.15, 0.2) is 0 Å². The van der Waals surface area contributed by atoms with Gasteiger partial charge in [-0.2, -0.15) is 5.10 Å². The Morgan fingerprint density at radius 1 is 1.09 bits per heavy atom. The Hall–Kier alpha value is -3.87. The highest BCUT2D eigenvalue weighted by Gasteiger charge is 2.28. The summed E-state index contributed by atoms with van der Waals surface area (Å²) in [4.78, 5) is 20.2. The number of methoxy groups -OCH3 is 1. The summed E-state index contributed by atoms with van der Waals surface area (Å²) >= 11 is 0. The van der Waals surface area contributed by atoms with Crippen LogP contribution >= 0.6 is 0 Å². The molecule has 0 aliphatic carbocycles. The summed E-state index contributed by atoms with van der Waals surface area (Å²) in [6, 6.07) is 17.4. The number of nitrogens with zero attached hydrogens (tertiary/aromatic N) is 5. The summed E-state index contributed by atoms with van der Waals surface area (Å²) in [5.41, 5.74) is 4.62. The van der Waals surface area contributed by atoms with Gasteiger partial charge in [0.1, 0.15) is 11.6 Å². The van der Waals surface area contributed by atoms with Crippen LogP contribution in [0.25, 0.3) is 17.1 Å². The number of aromatic nitrogens is 4. The van der Waals surface area contributed by atoms with Gasteiger partial charge in [0.25, 0.3) is 5.91 Å². The molecule has 32 heavy (non-hydrogen) atoms. The number of ether oxygens (including phenoxy) is 1. The van der Waals surface area contributed by atoms with Crippen LogP contribution in [-0.2, 0) is 19.5 Å². The lowest BCUT2D eigenvalue weighted by Crippen LogP contribution is -2.38. The van der Waals surface area contributed by atoms with E-state index in [0.717, 1.165) is 40.6 Å². The molecular formula is C25H25N5O2. The number of amides is 1. The third-order valence-electron chi connectivity index (χ3n) is 5.92. The molecule has 0 atom stereocenters. The number of carbonyl (C=O) groups excluding carboxylic acids is 1. The highest BCUT2D eigenvalue weighted by Crippen LogP contribution is 2.33. The quantitative estimate of drug-likeness (QED) is 0.484. The zero-order valence-corrected chi connectivity index (χ0v) is 18.2. The monoisotopic (exact) mass is 427 g/mol. The first-order chi connectivity index (χ1) is 15.7. The van der Waals surface area contributed by atoms with Gasteiger partial charge in [-0.1, -0.05) is 25.1 Å². The van der Waals surface area contributed by atoms with E-state index < -0.39 is 0 Å². The maximum Gasteiger partial charge on any atom is 0.254 e. The largest absolute Gasteiger partial charge is 0.496 e. The molecule has 0 radical (unpaired) electrons. The second kappa shape index (κ2) is 8.34. The molecule has 0 unspecified atom stereocenters. The zero-order chi connectivity index (χ0) is 22.1. The summed E-state index contributed by atoms with van der Waals surface area (Å²) in [5, 5.41) is 4.27. The SMILES string of the molecule is CCc1nc(-c2ccccc2OC)n2c1CN(C(=O)c1cccc(-n3cccn3)c1)CC2. The zero-order valence-electron chi connectivity index (χ0n) is 18.2. The van der Waals surface area contributed by atoms with Gasteiger partial charge < -0.3 is 14.2 Å². The molecule has 0 spiro atoms. The molecule has 0 saturated carbocycles. The van der Waals surface area contributed by atoms with Crippen molar-refractivity contribution in [1.82, 2.24) is 24.2 Å². The minimum Gasteiger partial charge on any atom is -0.496 e. The van der Waals surface area contributed by atoms with Crippen molar-refractivity contribution in [2.24, 2.45) is 0 Å². The van der Waals surface area contributed by atoms with Crippen LogP contribution in [0, 0.1) is 0 Å². The number of imidazole rings is 1. The van der Waals surface area contributed by atoms with Gasteiger partial charge >= 0.3 is 0 Å². The molecule has 1 aliphatic rings. The number of rotatable bonds is 5. The molecule has 2 aromatic heterocycles. The summed E-state index contributed by atoms with van der Waals surface area (Å²) in [5.74, 6) is 1.73. The Morgan fingerprint density at radius 2 is 1.97 bits per heavy atom. The van der Waals surface area contributed by atoms with E-state index in [4.69, 9.17) is 9.72 Å². The Balaban J connectivity index is 1.46. The number of aryl methyl sites for hydroxylation is 1. The molecule has 1 amide bonds. The first-order valence-corrected chi connectivity index (χ1v) is 10.8. The third kappa shape index (κ3) is 3.45. The molecule has 0 fully saturated rings. The average molecular weight is 428 g/mol. The molecular weight excluding hydrogens is 402 g/mol. The lowest BCUT2D eigenvalue weighted by atomic mass is 10.1. The lowest BCUT2D eigenvalue weighted by Gasteiger charge is -2.30. The summed E-state index contributed by atoms with van der Waals surface area (Å²) < 4.78 is 9.57. The molecule has 162 valence electrons.